The molecule has 3 nitrogen and oxygen atoms in total. The van der Waals surface area contributed by atoms with Crippen molar-refractivity contribution in [3.8, 4) is 11.5 Å². The lowest BCUT2D eigenvalue weighted by Crippen LogP contribution is -2.04. The highest BCUT2D eigenvalue weighted by Crippen LogP contribution is 2.36. The summed E-state index contributed by atoms with van der Waals surface area (Å²) < 4.78 is 11.3. The fourth-order valence-corrected chi connectivity index (χ4v) is 2.66. The maximum absolute atomic E-state index is 10.4. The zero-order valence-corrected chi connectivity index (χ0v) is 13.1. The van der Waals surface area contributed by atoms with Crippen LogP contribution in [0, 0.1) is 0 Å². The number of ether oxygens (including phenoxy) is 2. The third-order valence-corrected chi connectivity index (χ3v) is 3.82. The molecular weight excluding hydrogens is 320 g/mol. The van der Waals surface area contributed by atoms with E-state index in [-0.39, 0.29) is 0 Å². The van der Waals surface area contributed by atoms with Crippen LogP contribution in [-0.4, -0.2) is 19.3 Å². The molecule has 0 bridgehead atoms. The van der Waals surface area contributed by atoms with Gasteiger partial charge in [-0.1, -0.05) is 46.3 Å². The Hall–Kier alpha value is -1.52. The van der Waals surface area contributed by atoms with Crippen LogP contribution in [0.5, 0.6) is 11.5 Å². The van der Waals surface area contributed by atoms with Crippen LogP contribution >= 0.6 is 15.9 Å². The molecule has 0 heterocycles. The lowest BCUT2D eigenvalue weighted by Gasteiger charge is -2.16. The number of halogens is 1. The number of benzene rings is 2. The molecule has 0 aliphatic carbocycles. The van der Waals surface area contributed by atoms with E-state index in [1.807, 2.05) is 36.4 Å². The average molecular weight is 337 g/mol. The number of hydrogen-bond donors (Lipinski definition) is 1. The normalized spacial score (nSPS) is 12.0. The highest BCUT2D eigenvalue weighted by Gasteiger charge is 2.16. The monoisotopic (exact) mass is 336 g/mol. The summed E-state index contributed by atoms with van der Waals surface area (Å²) in [7, 11) is 3.17. The largest absolute Gasteiger partial charge is 0.493 e. The molecule has 0 saturated heterocycles. The van der Waals surface area contributed by atoms with Gasteiger partial charge in [-0.3, -0.25) is 0 Å². The summed E-state index contributed by atoms with van der Waals surface area (Å²) in [6.45, 7) is 0. The van der Waals surface area contributed by atoms with Crippen molar-refractivity contribution in [3.63, 3.8) is 0 Å². The first-order valence-electron chi connectivity index (χ1n) is 6.29. The molecule has 2 aromatic carbocycles. The second-order valence-electron chi connectivity index (χ2n) is 4.43. The van der Waals surface area contributed by atoms with Gasteiger partial charge in [0.2, 0.25) is 0 Å². The number of methoxy groups -OCH3 is 2. The highest BCUT2D eigenvalue weighted by molar-refractivity contribution is 9.10. The van der Waals surface area contributed by atoms with Gasteiger partial charge in [-0.15, -0.1) is 0 Å². The first kappa shape index (κ1) is 14.9. The molecule has 0 aliphatic heterocycles. The Kier molecular flexibility index (Phi) is 5.04. The van der Waals surface area contributed by atoms with Crippen LogP contribution in [0.4, 0.5) is 0 Å². The van der Waals surface area contributed by atoms with Crippen LogP contribution in [0.25, 0.3) is 0 Å². The van der Waals surface area contributed by atoms with Gasteiger partial charge in [-0.25, -0.2) is 0 Å². The molecule has 4 heteroatoms. The summed E-state index contributed by atoms with van der Waals surface area (Å²) >= 11 is 3.47. The van der Waals surface area contributed by atoms with E-state index < -0.39 is 6.10 Å². The summed E-state index contributed by atoms with van der Waals surface area (Å²) in [6, 6.07) is 13.5. The molecule has 0 aromatic heterocycles. The van der Waals surface area contributed by atoms with E-state index in [0.29, 0.717) is 17.9 Å². The minimum atomic E-state index is -0.605. The maximum atomic E-state index is 10.4. The van der Waals surface area contributed by atoms with E-state index in [9.17, 15) is 5.11 Å². The molecule has 2 rings (SSSR count). The van der Waals surface area contributed by atoms with E-state index >= 15 is 0 Å². The summed E-state index contributed by atoms with van der Waals surface area (Å²) in [5, 5.41) is 10.4. The summed E-state index contributed by atoms with van der Waals surface area (Å²) in [5.74, 6) is 1.24. The number of hydrogen-bond acceptors (Lipinski definition) is 3. The van der Waals surface area contributed by atoms with Crippen molar-refractivity contribution >= 4 is 15.9 Å². The van der Waals surface area contributed by atoms with Crippen LogP contribution in [0.1, 0.15) is 17.2 Å². The molecule has 1 atom stereocenters. The Labute approximate surface area is 127 Å². The lowest BCUT2D eigenvalue weighted by atomic mass is 10.0. The van der Waals surface area contributed by atoms with Gasteiger partial charge in [-0.2, -0.15) is 0 Å². The maximum Gasteiger partial charge on any atom is 0.161 e. The first-order valence-corrected chi connectivity index (χ1v) is 7.08. The smallest absolute Gasteiger partial charge is 0.161 e. The zero-order valence-electron chi connectivity index (χ0n) is 11.5. The number of aliphatic hydroxyl groups is 1. The molecule has 1 unspecified atom stereocenters. The predicted molar refractivity (Wildman–Crippen MR) is 82.4 cm³/mol. The Bertz CT molecular complexity index is 569. The average Bonchev–Trinajstić information content (AvgIpc) is 2.47. The Morgan fingerprint density at radius 3 is 2.25 bits per heavy atom. The molecule has 0 aliphatic rings. The van der Waals surface area contributed by atoms with Crippen molar-refractivity contribution in [2.45, 2.75) is 12.5 Å². The van der Waals surface area contributed by atoms with Crippen molar-refractivity contribution in [2.75, 3.05) is 14.2 Å². The van der Waals surface area contributed by atoms with Gasteiger partial charge in [-0.05, 0) is 23.3 Å². The SMILES string of the molecule is COc1cc(Br)c(C(O)Cc2ccccc2)cc1OC. The fraction of sp³-hybridized carbons (Fsp3) is 0.250. The van der Waals surface area contributed by atoms with E-state index in [4.69, 9.17) is 9.47 Å². The third-order valence-electron chi connectivity index (χ3n) is 3.13. The molecule has 0 saturated carbocycles. The van der Waals surface area contributed by atoms with Crippen LogP contribution in [-0.2, 0) is 6.42 Å². The van der Waals surface area contributed by atoms with Gasteiger partial charge in [0.05, 0.1) is 20.3 Å². The van der Waals surface area contributed by atoms with Gasteiger partial charge in [0.25, 0.3) is 0 Å². The molecule has 0 spiro atoms. The second-order valence-corrected chi connectivity index (χ2v) is 5.29. The summed E-state index contributed by atoms with van der Waals surface area (Å²) in [6.07, 6.45) is -0.0545. The lowest BCUT2D eigenvalue weighted by molar-refractivity contribution is 0.177. The van der Waals surface area contributed by atoms with Crippen LogP contribution in [0.15, 0.2) is 46.9 Å². The Morgan fingerprint density at radius 1 is 1.05 bits per heavy atom. The minimum absolute atomic E-state index is 0.551. The van der Waals surface area contributed by atoms with E-state index in [1.54, 1.807) is 20.3 Å². The standard InChI is InChI=1S/C16H17BrO3/c1-19-15-9-12(13(17)10-16(15)20-2)14(18)8-11-6-4-3-5-7-11/h3-7,9-10,14,18H,8H2,1-2H3. The van der Waals surface area contributed by atoms with Crippen LogP contribution in [0.2, 0.25) is 0 Å². The Balaban J connectivity index is 2.27. The van der Waals surface area contributed by atoms with E-state index in [0.717, 1.165) is 15.6 Å². The zero-order chi connectivity index (χ0) is 14.5. The third kappa shape index (κ3) is 3.32. The summed E-state index contributed by atoms with van der Waals surface area (Å²) in [4.78, 5) is 0. The molecule has 0 fully saturated rings. The molecule has 1 N–H and O–H groups in total. The van der Waals surface area contributed by atoms with Crippen molar-refractivity contribution < 1.29 is 14.6 Å². The predicted octanol–water partition coefficient (Wildman–Crippen LogP) is 3.74. The molecule has 20 heavy (non-hydrogen) atoms. The van der Waals surface area contributed by atoms with E-state index in [1.165, 1.54) is 0 Å². The molecule has 2 aromatic rings. The quantitative estimate of drug-likeness (QED) is 0.903. The van der Waals surface area contributed by atoms with Gasteiger partial charge < -0.3 is 14.6 Å². The second kappa shape index (κ2) is 6.77. The van der Waals surface area contributed by atoms with Crippen LogP contribution in [0.3, 0.4) is 0 Å². The van der Waals surface area contributed by atoms with Crippen molar-refractivity contribution in [1.29, 1.82) is 0 Å². The van der Waals surface area contributed by atoms with Crippen molar-refractivity contribution in [1.82, 2.24) is 0 Å². The van der Waals surface area contributed by atoms with Gasteiger partial charge >= 0.3 is 0 Å². The molecule has 0 radical (unpaired) electrons. The number of aliphatic hydroxyl groups excluding tert-OH is 1. The minimum Gasteiger partial charge on any atom is -0.493 e. The van der Waals surface area contributed by atoms with Crippen molar-refractivity contribution in [2.24, 2.45) is 0 Å². The van der Waals surface area contributed by atoms with E-state index in [2.05, 4.69) is 15.9 Å². The molecule has 106 valence electrons. The van der Waals surface area contributed by atoms with Gasteiger partial charge in [0.15, 0.2) is 11.5 Å². The first-order chi connectivity index (χ1) is 9.65. The van der Waals surface area contributed by atoms with Gasteiger partial charge in [0, 0.05) is 10.9 Å². The topological polar surface area (TPSA) is 38.7 Å². The Morgan fingerprint density at radius 2 is 1.65 bits per heavy atom. The summed E-state index contributed by atoms with van der Waals surface area (Å²) in [5.41, 5.74) is 1.87. The molecule has 0 amide bonds. The number of rotatable bonds is 5. The van der Waals surface area contributed by atoms with Gasteiger partial charge in [0.1, 0.15) is 0 Å². The van der Waals surface area contributed by atoms with Crippen molar-refractivity contribution in [3.05, 3.63) is 58.1 Å². The fourth-order valence-electron chi connectivity index (χ4n) is 2.07. The molecular formula is C16H17BrO3. The van der Waals surface area contributed by atoms with Crippen LogP contribution < -0.4 is 9.47 Å². The highest BCUT2D eigenvalue weighted by atomic mass is 79.9.